The Kier molecular flexibility index (Phi) is 6.76. The molecule has 8 nitrogen and oxygen atoms in total. The standard InChI is InChI=1S/C29H35N5O3/c1-19(28(2,3)36)15-25(35)24-16-26(33-27(32-24)37-18-29(17-30)10-11-29)34-13-8-20(9-14-34)21-6-7-23-22(21)5-4-12-31-23/h4-6,12,16,19-20,36H,7-11,13-15,18H2,1-3H3. The Morgan fingerprint density at radius 1 is 1.32 bits per heavy atom. The molecule has 37 heavy (non-hydrogen) atoms. The molecule has 1 saturated heterocycles. The maximum absolute atomic E-state index is 13.2. The van der Waals surface area contributed by atoms with Gasteiger partial charge in [-0.3, -0.25) is 9.78 Å². The van der Waals surface area contributed by atoms with Crippen LogP contribution in [0.4, 0.5) is 5.82 Å². The van der Waals surface area contributed by atoms with Gasteiger partial charge in [0.25, 0.3) is 0 Å². The summed E-state index contributed by atoms with van der Waals surface area (Å²) in [5.41, 5.74) is 2.69. The van der Waals surface area contributed by atoms with E-state index in [4.69, 9.17) is 4.74 Å². The normalized spacial score (nSPS) is 19.5. The number of nitrogens with zero attached hydrogens (tertiary/aromatic N) is 5. The van der Waals surface area contributed by atoms with Gasteiger partial charge in [-0.2, -0.15) is 15.2 Å². The highest BCUT2D eigenvalue weighted by Crippen LogP contribution is 2.45. The summed E-state index contributed by atoms with van der Waals surface area (Å²) in [5.74, 6) is 0.758. The van der Waals surface area contributed by atoms with E-state index in [-0.39, 0.29) is 30.7 Å². The average molecular weight is 502 g/mol. The highest BCUT2D eigenvalue weighted by Gasteiger charge is 2.44. The quantitative estimate of drug-likeness (QED) is 0.504. The van der Waals surface area contributed by atoms with Crippen LogP contribution in [0.15, 0.2) is 30.5 Å². The van der Waals surface area contributed by atoms with Gasteiger partial charge in [0.05, 0.1) is 22.8 Å². The Labute approximate surface area is 218 Å². The Morgan fingerprint density at radius 2 is 2.08 bits per heavy atom. The molecule has 0 amide bonds. The number of anilines is 1. The van der Waals surface area contributed by atoms with Crippen LogP contribution in [0, 0.1) is 28.6 Å². The summed E-state index contributed by atoms with van der Waals surface area (Å²) in [6.07, 6.45) is 8.82. The molecule has 1 saturated carbocycles. The number of pyridine rings is 1. The van der Waals surface area contributed by atoms with Crippen LogP contribution in [0.2, 0.25) is 0 Å². The van der Waals surface area contributed by atoms with Gasteiger partial charge >= 0.3 is 6.01 Å². The van der Waals surface area contributed by atoms with Crippen molar-refractivity contribution in [2.75, 3.05) is 24.6 Å². The number of nitriles is 1. The first kappa shape index (κ1) is 25.3. The van der Waals surface area contributed by atoms with Crippen LogP contribution in [-0.4, -0.2) is 51.1 Å². The van der Waals surface area contributed by atoms with Crippen molar-refractivity contribution in [1.29, 1.82) is 5.26 Å². The molecule has 0 aromatic carbocycles. The fraction of sp³-hybridized carbons (Fsp3) is 0.552. The summed E-state index contributed by atoms with van der Waals surface area (Å²) in [4.78, 5) is 28.9. The maximum atomic E-state index is 13.2. The van der Waals surface area contributed by atoms with Crippen LogP contribution in [0.5, 0.6) is 6.01 Å². The largest absolute Gasteiger partial charge is 0.462 e. The third-order valence-corrected chi connectivity index (χ3v) is 8.22. The number of allylic oxidation sites excluding steroid dienone is 2. The minimum Gasteiger partial charge on any atom is -0.462 e. The molecule has 1 atom stereocenters. The Hall–Kier alpha value is -3.31. The first-order chi connectivity index (χ1) is 17.7. The van der Waals surface area contributed by atoms with E-state index in [1.54, 1.807) is 19.9 Å². The lowest BCUT2D eigenvalue weighted by atomic mass is 9.86. The number of carbonyl (C=O) groups excluding carboxylic acids is 1. The van der Waals surface area contributed by atoms with E-state index in [0.717, 1.165) is 50.9 Å². The molecule has 2 aromatic heterocycles. The third kappa shape index (κ3) is 5.52. The first-order valence-electron chi connectivity index (χ1n) is 13.3. The zero-order chi connectivity index (χ0) is 26.2. The van der Waals surface area contributed by atoms with Gasteiger partial charge in [-0.15, -0.1) is 0 Å². The average Bonchev–Trinajstić information content (AvgIpc) is 3.56. The number of hydrogen-bond acceptors (Lipinski definition) is 8. The molecule has 2 fully saturated rings. The molecular formula is C29H35N5O3. The highest BCUT2D eigenvalue weighted by molar-refractivity contribution is 5.95. The van der Waals surface area contributed by atoms with Gasteiger partial charge in [-0.1, -0.05) is 19.1 Å². The van der Waals surface area contributed by atoms with Crippen LogP contribution in [0.1, 0.15) is 74.6 Å². The molecule has 0 spiro atoms. The summed E-state index contributed by atoms with van der Waals surface area (Å²) in [5, 5.41) is 19.7. The number of aromatic nitrogens is 3. The summed E-state index contributed by atoms with van der Waals surface area (Å²) in [6.45, 7) is 7.12. The van der Waals surface area contributed by atoms with Gasteiger partial charge in [0.2, 0.25) is 0 Å². The molecule has 1 unspecified atom stereocenters. The highest BCUT2D eigenvalue weighted by atomic mass is 16.5. The number of rotatable bonds is 9. The van der Waals surface area contributed by atoms with Gasteiger partial charge in [0, 0.05) is 38.2 Å². The number of ether oxygens (including phenoxy) is 1. The summed E-state index contributed by atoms with van der Waals surface area (Å²) < 4.78 is 5.87. The molecule has 194 valence electrons. The van der Waals surface area contributed by atoms with Gasteiger partial charge < -0.3 is 14.7 Å². The minimum atomic E-state index is -0.971. The fourth-order valence-electron chi connectivity index (χ4n) is 5.04. The van der Waals surface area contributed by atoms with Gasteiger partial charge in [-0.05, 0) is 68.6 Å². The molecule has 2 aromatic rings. The zero-order valence-electron chi connectivity index (χ0n) is 21.9. The number of aliphatic hydroxyl groups is 1. The van der Waals surface area contributed by atoms with Crippen molar-refractivity contribution in [1.82, 2.24) is 15.0 Å². The van der Waals surface area contributed by atoms with Crippen LogP contribution < -0.4 is 9.64 Å². The molecule has 3 heterocycles. The van der Waals surface area contributed by atoms with Crippen molar-refractivity contribution in [2.45, 2.75) is 64.9 Å². The number of carbonyl (C=O) groups is 1. The van der Waals surface area contributed by atoms with Crippen LogP contribution in [0.3, 0.4) is 0 Å². The Balaban J connectivity index is 1.32. The Bertz CT molecular complexity index is 1250. The van der Waals surface area contributed by atoms with Crippen molar-refractivity contribution >= 4 is 17.2 Å². The number of hydrogen-bond donors (Lipinski definition) is 1. The molecule has 3 aliphatic rings. The molecule has 1 N–H and O–H groups in total. The third-order valence-electron chi connectivity index (χ3n) is 8.22. The van der Waals surface area contributed by atoms with E-state index < -0.39 is 11.0 Å². The van der Waals surface area contributed by atoms with E-state index in [1.165, 1.54) is 11.1 Å². The monoisotopic (exact) mass is 501 g/mol. The Morgan fingerprint density at radius 3 is 2.76 bits per heavy atom. The molecule has 8 heteroatoms. The van der Waals surface area contributed by atoms with Crippen LogP contribution in [-0.2, 0) is 6.42 Å². The number of Topliss-reactive ketones (excluding diaryl/α,β-unsaturated/α-hetero) is 1. The predicted molar refractivity (Wildman–Crippen MR) is 140 cm³/mol. The summed E-state index contributed by atoms with van der Waals surface area (Å²) in [7, 11) is 0. The molecule has 1 aliphatic heterocycles. The topological polar surface area (TPSA) is 112 Å². The lowest BCUT2D eigenvalue weighted by Crippen LogP contribution is -2.35. The maximum Gasteiger partial charge on any atom is 0.319 e. The van der Waals surface area contributed by atoms with Crippen molar-refractivity contribution in [3.05, 3.63) is 47.4 Å². The molecule has 0 radical (unpaired) electrons. The van der Waals surface area contributed by atoms with Crippen molar-refractivity contribution in [3.8, 4) is 12.1 Å². The van der Waals surface area contributed by atoms with E-state index in [2.05, 4.69) is 38.1 Å². The summed E-state index contributed by atoms with van der Waals surface area (Å²) >= 11 is 0. The fourth-order valence-corrected chi connectivity index (χ4v) is 5.04. The van der Waals surface area contributed by atoms with E-state index in [0.29, 0.717) is 17.4 Å². The lowest BCUT2D eigenvalue weighted by Gasteiger charge is -2.34. The second-order valence-electron chi connectivity index (χ2n) is 11.4. The van der Waals surface area contributed by atoms with Gasteiger partial charge in [-0.25, -0.2) is 0 Å². The molecule has 2 aliphatic carbocycles. The van der Waals surface area contributed by atoms with Gasteiger partial charge in [0.1, 0.15) is 18.1 Å². The number of fused-ring (bicyclic) bond motifs is 1. The number of ketones is 1. The number of piperidine rings is 1. The van der Waals surface area contributed by atoms with Crippen LogP contribution in [0.25, 0.3) is 5.57 Å². The van der Waals surface area contributed by atoms with Crippen molar-refractivity contribution in [2.24, 2.45) is 17.3 Å². The van der Waals surface area contributed by atoms with E-state index in [1.807, 2.05) is 19.2 Å². The first-order valence-corrected chi connectivity index (χ1v) is 13.3. The van der Waals surface area contributed by atoms with Crippen molar-refractivity contribution < 1.29 is 14.6 Å². The van der Waals surface area contributed by atoms with Crippen LogP contribution >= 0.6 is 0 Å². The van der Waals surface area contributed by atoms with E-state index >= 15 is 0 Å². The lowest BCUT2D eigenvalue weighted by molar-refractivity contribution is 0.0212. The molecule has 5 rings (SSSR count). The minimum absolute atomic E-state index is 0.138. The summed E-state index contributed by atoms with van der Waals surface area (Å²) in [6, 6.07) is 8.38. The van der Waals surface area contributed by atoms with E-state index in [9.17, 15) is 15.2 Å². The predicted octanol–water partition coefficient (Wildman–Crippen LogP) is 4.39. The molecule has 0 bridgehead atoms. The second-order valence-corrected chi connectivity index (χ2v) is 11.4. The SMILES string of the molecule is CC(CC(=O)c1cc(N2CCC(C3=CCc4ncccc43)CC2)nc(OCC2(C#N)CC2)n1)C(C)(C)O. The van der Waals surface area contributed by atoms with Gasteiger partial charge in [0.15, 0.2) is 5.78 Å². The molecular weight excluding hydrogens is 466 g/mol. The zero-order valence-corrected chi connectivity index (χ0v) is 21.9. The second kappa shape index (κ2) is 9.86. The van der Waals surface area contributed by atoms with Crippen molar-refractivity contribution in [3.63, 3.8) is 0 Å². The smallest absolute Gasteiger partial charge is 0.319 e.